The summed E-state index contributed by atoms with van der Waals surface area (Å²) in [5.74, 6) is -0.0807. The van der Waals surface area contributed by atoms with Gasteiger partial charge in [0, 0.05) is 25.3 Å². The fourth-order valence-corrected chi connectivity index (χ4v) is 2.11. The number of likely N-dealkylation sites (N-methyl/N-ethyl adjacent to an activating group) is 1. The normalized spacial score (nSPS) is 11.7. The van der Waals surface area contributed by atoms with Crippen LogP contribution >= 0.6 is 24.8 Å². The molecule has 0 saturated carbocycles. The average molecular weight is 364 g/mol. The highest BCUT2D eigenvalue weighted by Crippen LogP contribution is 2.17. The zero-order chi connectivity index (χ0) is 16.0. The molecule has 0 fully saturated rings. The topological polar surface area (TPSA) is 58.4 Å². The molecular formula is C17H31Cl2N3O. The first-order valence-electron chi connectivity index (χ1n) is 7.60. The van der Waals surface area contributed by atoms with E-state index >= 15 is 0 Å². The molecule has 1 aromatic rings. The van der Waals surface area contributed by atoms with E-state index in [2.05, 4.69) is 48.3 Å². The third-order valence-electron chi connectivity index (χ3n) is 3.64. The van der Waals surface area contributed by atoms with Crippen LogP contribution in [-0.4, -0.2) is 31.6 Å². The number of nitrogens with two attached hydrogens (primary N) is 1. The van der Waals surface area contributed by atoms with Crippen LogP contribution < -0.4 is 16.0 Å². The Morgan fingerprint density at radius 3 is 2.39 bits per heavy atom. The lowest BCUT2D eigenvalue weighted by molar-refractivity contribution is -0.124. The zero-order valence-electron chi connectivity index (χ0n) is 14.8. The number of halogens is 2. The highest BCUT2D eigenvalue weighted by Gasteiger charge is 2.27. The van der Waals surface area contributed by atoms with Crippen LogP contribution in [0, 0.1) is 12.3 Å². The van der Waals surface area contributed by atoms with Crippen molar-refractivity contribution in [3.05, 3.63) is 29.8 Å². The molecule has 134 valence electrons. The van der Waals surface area contributed by atoms with Crippen molar-refractivity contribution in [2.24, 2.45) is 11.1 Å². The summed E-state index contributed by atoms with van der Waals surface area (Å²) in [4.78, 5) is 14.2. The molecule has 0 saturated heterocycles. The van der Waals surface area contributed by atoms with Crippen molar-refractivity contribution in [3.8, 4) is 0 Å². The second kappa shape index (κ2) is 10.7. The van der Waals surface area contributed by atoms with Crippen LogP contribution in [0.3, 0.4) is 0 Å². The Morgan fingerprint density at radius 2 is 1.91 bits per heavy atom. The van der Waals surface area contributed by atoms with Crippen LogP contribution in [0.4, 0.5) is 5.69 Å². The van der Waals surface area contributed by atoms with Gasteiger partial charge in [-0.3, -0.25) is 4.79 Å². The number of aryl methyl sites for hydroxylation is 1. The third-order valence-corrected chi connectivity index (χ3v) is 3.64. The summed E-state index contributed by atoms with van der Waals surface area (Å²) >= 11 is 0. The van der Waals surface area contributed by atoms with Crippen molar-refractivity contribution >= 4 is 36.4 Å². The van der Waals surface area contributed by atoms with Gasteiger partial charge in [-0.2, -0.15) is 0 Å². The minimum absolute atomic E-state index is 0. The molecule has 1 aromatic carbocycles. The molecular weight excluding hydrogens is 333 g/mol. The monoisotopic (exact) mass is 363 g/mol. The van der Waals surface area contributed by atoms with E-state index in [0.717, 1.165) is 13.1 Å². The van der Waals surface area contributed by atoms with E-state index < -0.39 is 6.04 Å². The van der Waals surface area contributed by atoms with Crippen LogP contribution in [0.1, 0.15) is 33.3 Å². The first-order chi connectivity index (χ1) is 9.75. The molecule has 0 aromatic heterocycles. The van der Waals surface area contributed by atoms with E-state index in [0.29, 0.717) is 6.54 Å². The number of rotatable bonds is 6. The summed E-state index contributed by atoms with van der Waals surface area (Å²) in [6, 6.07) is 7.92. The highest BCUT2D eigenvalue weighted by molar-refractivity contribution is 5.85. The van der Waals surface area contributed by atoms with Crippen molar-refractivity contribution in [1.29, 1.82) is 0 Å². The lowest BCUT2D eigenvalue weighted by atomic mass is 9.87. The molecule has 6 heteroatoms. The number of carbonyl (C=O) groups is 1. The number of carbonyl (C=O) groups excluding carboxylic acids is 1. The molecule has 3 N–H and O–H groups in total. The minimum Gasteiger partial charge on any atom is -0.370 e. The van der Waals surface area contributed by atoms with Crippen LogP contribution in [0.2, 0.25) is 0 Å². The van der Waals surface area contributed by atoms with Gasteiger partial charge in [0.2, 0.25) is 5.91 Å². The molecule has 0 unspecified atom stereocenters. The Kier molecular flexibility index (Phi) is 11.3. The van der Waals surface area contributed by atoms with Gasteiger partial charge in [-0.25, -0.2) is 0 Å². The Morgan fingerprint density at radius 1 is 1.30 bits per heavy atom. The molecule has 1 amide bonds. The Labute approximate surface area is 153 Å². The van der Waals surface area contributed by atoms with Crippen LogP contribution in [0.25, 0.3) is 0 Å². The van der Waals surface area contributed by atoms with Crippen LogP contribution in [0.5, 0.6) is 0 Å². The maximum Gasteiger partial charge on any atom is 0.237 e. The largest absolute Gasteiger partial charge is 0.370 e. The van der Waals surface area contributed by atoms with Crippen molar-refractivity contribution < 1.29 is 4.79 Å². The average Bonchev–Trinajstić information content (AvgIpc) is 2.41. The Bertz CT molecular complexity index is 475. The molecule has 0 aliphatic rings. The SMILES string of the molecule is CCN(CCNC(=O)[C@@H](N)C(C)(C)C)c1cccc(C)c1.Cl.Cl. The lowest BCUT2D eigenvalue weighted by Gasteiger charge is -2.27. The summed E-state index contributed by atoms with van der Waals surface area (Å²) < 4.78 is 0. The first-order valence-corrected chi connectivity index (χ1v) is 7.60. The van der Waals surface area contributed by atoms with Gasteiger partial charge in [0.1, 0.15) is 0 Å². The van der Waals surface area contributed by atoms with Gasteiger partial charge in [0.05, 0.1) is 6.04 Å². The number of anilines is 1. The van der Waals surface area contributed by atoms with E-state index in [1.807, 2.05) is 20.8 Å². The van der Waals surface area contributed by atoms with Crippen molar-refractivity contribution in [1.82, 2.24) is 5.32 Å². The van der Waals surface area contributed by atoms with Gasteiger partial charge in [-0.1, -0.05) is 32.9 Å². The van der Waals surface area contributed by atoms with Crippen LogP contribution in [0.15, 0.2) is 24.3 Å². The van der Waals surface area contributed by atoms with Crippen molar-refractivity contribution in [2.45, 2.75) is 40.7 Å². The van der Waals surface area contributed by atoms with E-state index in [4.69, 9.17) is 5.73 Å². The Hall–Kier alpha value is -0.970. The van der Waals surface area contributed by atoms with Crippen LogP contribution in [-0.2, 0) is 4.79 Å². The third kappa shape index (κ3) is 7.91. The van der Waals surface area contributed by atoms with Gasteiger partial charge in [0.15, 0.2) is 0 Å². The van der Waals surface area contributed by atoms with Gasteiger partial charge in [-0.15, -0.1) is 24.8 Å². The number of nitrogens with zero attached hydrogens (tertiary/aromatic N) is 1. The number of hydrogen-bond acceptors (Lipinski definition) is 3. The minimum atomic E-state index is -0.480. The molecule has 4 nitrogen and oxygen atoms in total. The zero-order valence-corrected chi connectivity index (χ0v) is 16.4. The molecule has 0 aliphatic carbocycles. The molecule has 0 bridgehead atoms. The lowest BCUT2D eigenvalue weighted by Crippen LogP contribution is -2.50. The molecule has 0 radical (unpaired) electrons. The van der Waals surface area contributed by atoms with E-state index in [1.54, 1.807) is 0 Å². The van der Waals surface area contributed by atoms with Gasteiger partial charge < -0.3 is 16.0 Å². The fourth-order valence-electron chi connectivity index (χ4n) is 2.11. The molecule has 1 rings (SSSR count). The van der Waals surface area contributed by atoms with Gasteiger partial charge in [-0.05, 0) is 37.0 Å². The summed E-state index contributed by atoms with van der Waals surface area (Å²) in [5, 5.41) is 2.93. The first kappa shape index (κ1) is 24.3. The Balaban J connectivity index is 0. The number of amides is 1. The summed E-state index contributed by atoms with van der Waals surface area (Å²) in [6.07, 6.45) is 0. The highest BCUT2D eigenvalue weighted by atomic mass is 35.5. The predicted octanol–water partition coefficient (Wildman–Crippen LogP) is 3.15. The van der Waals surface area contributed by atoms with Crippen molar-refractivity contribution in [3.63, 3.8) is 0 Å². The van der Waals surface area contributed by atoms with E-state index in [-0.39, 0.29) is 36.1 Å². The second-order valence-electron chi connectivity index (χ2n) is 6.55. The molecule has 0 heterocycles. The summed E-state index contributed by atoms with van der Waals surface area (Å²) in [5.41, 5.74) is 8.16. The van der Waals surface area contributed by atoms with E-state index in [9.17, 15) is 4.79 Å². The fraction of sp³-hybridized carbons (Fsp3) is 0.588. The molecule has 0 aliphatic heterocycles. The van der Waals surface area contributed by atoms with Gasteiger partial charge >= 0.3 is 0 Å². The molecule has 0 spiro atoms. The number of hydrogen-bond donors (Lipinski definition) is 2. The number of benzene rings is 1. The van der Waals surface area contributed by atoms with Crippen molar-refractivity contribution in [2.75, 3.05) is 24.5 Å². The maximum absolute atomic E-state index is 12.0. The number of nitrogens with one attached hydrogen (secondary N) is 1. The molecule has 1 atom stereocenters. The smallest absolute Gasteiger partial charge is 0.237 e. The predicted molar refractivity (Wildman–Crippen MR) is 104 cm³/mol. The molecule has 23 heavy (non-hydrogen) atoms. The maximum atomic E-state index is 12.0. The second-order valence-corrected chi connectivity index (χ2v) is 6.55. The van der Waals surface area contributed by atoms with Gasteiger partial charge in [0.25, 0.3) is 0 Å². The summed E-state index contributed by atoms with van der Waals surface area (Å²) in [7, 11) is 0. The quantitative estimate of drug-likeness (QED) is 0.815. The summed E-state index contributed by atoms with van der Waals surface area (Å²) in [6.45, 7) is 12.4. The standard InChI is InChI=1S/C17H29N3O.2ClH/c1-6-20(14-9-7-8-13(2)12-14)11-10-19-16(21)15(18)17(3,4)5;;/h7-9,12,15H,6,10-11,18H2,1-5H3,(H,19,21);2*1H/t15-;;/m1../s1. The van der Waals surface area contributed by atoms with E-state index in [1.165, 1.54) is 11.3 Å².